The summed E-state index contributed by atoms with van der Waals surface area (Å²) in [6.45, 7) is 1.11. The molecule has 104 valence electrons. The summed E-state index contributed by atoms with van der Waals surface area (Å²) in [6.07, 6.45) is 7.02. The second kappa shape index (κ2) is 7.82. The Bertz CT molecular complexity index is 372. The summed E-state index contributed by atoms with van der Waals surface area (Å²) in [6, 6.07) is 9.67. The van der Waals surface area contributed by atoms with Gasteiger partial charge in [-0.2, -0.15) is 0 Å². The van der Waals surface area contributed by atoms with Gasteiger partial charge in [0.2, 0.25) is 5.91 Å². The van der Waals surface area contributed by atoms with Crippen molar-refractivity contribution in [2.75, 3.05) is 13.2 Å². The van der Waals surface area contributed by atoms with Gasteiger partial charge in [0.25, 0.3) is 0 Å². The van der Waals surface area contributed by atoms with Gasteiger partial charge in [-0.1, -0.05) is 43.9 Å². The molecule has 1 aliphatic carbocycles. The lowest BCUT2D eigenvalue weighted by atomic mass is 10.0. The average molecular weight is 261 g/mol. The zero-order valence-corrected chi connectivity index (χ0v) is 11.4. The lowest BCUT2D eigenvalue weighted by Crippen LogP contribution is -2.28. The third kappa shape index (κ3) is 5.33. The van der Waals surface area contributed by atoms with Crippen molar-refractivity contribution in [1.82, 2.24) is 5.32 Å². The summed E-state index contributed by atoms with van der Waals surface area (Å²) >= 11 is 0. The maximum absolute atomic E-state index is 11.6. The number of carbonyl (C=O) groups excluding carboxylic acids is 1. The molecule has 0 aromatic heterocycles. The quantitative estimate of drug-likeness (QED) is 0.766. The Morgan fingerprint density at radius 2 is 1.95 bits per heavy atom. The lowest BCUT2D eigenvalue weighted by Gasteiger charge is -2.10. The first-order valence-corrected chi connectivity index (χ1v) is 7.29. The van der Waals surface area contributed by atoms with Crippen LogP contribution in [0.2, 0.25) is 0 Å². The Balaban J connectivity index is 1.51. The molecule has 0 unspecified atom stereocenters. The molecule has 0 spiro atoms. The van der Waals surface area contributed by atoms with Gasteiger partial charge in [0.05, 0.1) is 6.54 Å². The van der Waals surface area contributed by atoms with E-state index >= 15 is 0 Å². The molecule has 3 heteroatoms. The maximum Gasteiger partial charge on any atom is 0.220 e. The van der Waals surface area contributed by atoms with Gasteiger partial charge in [0.1, 0.15) is 12.4 Å². The summed E-state index contributed by atoms with van der Waals surface area (Å²) in [4.78, 5) is 11.6. The van der Waals surface area contributed by atoms with Crippen LogP contribution < -0.4 is 10.1 Å². The van der Waals surface area contributed by atoms with Crippen molar-refractivity contribution in [1.29, 1.82) is 0 Å². The Labute approximate surface area is 115 Å². The summed E-state index contributed by atoms with van der Waals surface area (Å²) in [7, 11) is 0. The number of nitrogens with one attached hydrogen (secondary N) is 1. The van der Waals surface area contributed by atoms with Crippen molar-refractivity contribution < 1.29 is 9.53 Å². The molecule has 19 heavy (non-hydrogen) atoms. The fraction of sp³-hybridized carbons (Fsp3) is 0.562. The standard InChI is InChI=1S/C16H23NO2/c18-16(11-10-14-6-4-5-7-14)17-12-13-19-15-8-2-1-3-9-15/h1-3,8-9,14H,4-7,10-13H2,(H,17,18). The Morgan fingerprint density at radius 1 is 1.21 bits per heavy atom. The van der Waals surface area contributed by atoms with Gasteiger partial charge in [0.15, 0.2) is 0 Å². The fourth-order valence-electron chi connectivity index (χ4n) is 2.60. The molecule has 0 atom stereocenters. The van der Waals surface area contributed by atoms with Crippen LogP contribution in [0, 0.1) is 5.92 Å². The smallest absolute Gasteiger partial charge is 0.220 e. The molecule has 0 bridgehead atoms. The molecule has 3 nitrogen and oxygen atoms in total. The van der Waals surface area contributed by atoms with Gasteiger partial charge in [-0.05, 0) is 24.5 Å². The Kier molecular flexibility index (Phi) is 5.73. The number of benzene rings is 1. The van der Waals surface area contributed by atoms with E-state index in [9.17, 15) is 4.79 Å². The molecular weight excluding hydrogens is 238 g/mol. The summed E-state index contributed by atoms with van der Waals surface area (Å²) < 4.78 is 5.52. The Hall–Kier alpha value is -1.51. The highest BCUT2D eigenvalue weighted by molar-refractivity contribution is 5.75. The van der Waals surface area contributed by atoms with E-state index in [0.29, 0.717) is 19.6 Å². The van der Waals surface area contributed by atoms with Gasteiger partial charge in [0, 0.05) is 6.42 Å². The number of ether oxygens (including phenoxy) is 1. The SMILES string of the molecule is O=C(CCC1CCCC1)NCCOc1ccccc1. The van der Waals surface area contributed by atoms with Crippen LogP contribution in [0.25, 0.3) is 0 Å². The van der Waals surface area contributed by atoms with Crippen LogP contribution in [0.4, 0.5) is 0 Å². The zero-order valence-electron chi connectivity index (χ0n) is 11.4. The first kappa shape index (κ1) is 13.9. The number of para-hydroxylation sites is 1. The Morgan fingerprint density at radius 3 is 2.68 bits per heavy atom. The molecule has 1 aliphatic rings. The number of carbonyl (C=O) groups is 1. The van der Waals surface area contributed by atoms with E-state index in [-0.39, 0.29) is 5.91 Å². The van der Waals surface area contributed by atoms with Gasteiger partial charge in [-0.3, -0.25) is 4.79 Å². The van der Waals surface area contributed by atoms with Crippen LogP contribution >= 0.6 is 0 Å². The van der Waals surface area contributed by atoms with Crippen LogP contribution in [-0.2, 0) is 4.79 Å². The van der Waals surface area contributed by atoms with E-state index in [1.807, 2.05) is 30.3 Å². The molecule has 1 aromatic carbocycles. The van der Waals surface area contributed by atoms with E-state index in [0.717, 1.165) is 18.1 Å². The van der Waals surface area contributed by atoms with Crippen molar-refractivity contribution >= 4 is 5.91 Å². The third-order valence-electron chi connectivity index (χ3n) is 3.69. The highest BCUT2D eigenvalue weighted by atomic mass is 16.5. The van der Waals surface area contributed by atoms with E-state index < -0.39 is 0 Å². The molecule has 0 heterocycles. The minimum atomic E-state index is 0.156. The fourth-order valence-corrected chi connectivity index (χ4v) is 2.60. The highest BCUT2D eigenvalue weighted by Gasteiger charge is 2.15. The van der Waals surface area contributed by atoms with Crippen molar-refractivity contribution in [3.8, 4) is 5.75 Å². The number of hydrogen-bond acceptors (Lipinski definition) is 2. The first-order chi connectivity index (χ1) is 9.34. The van der Waals surface area contributed by atoms with Crippen LogP contribution in [0.15, 0.2) is 30.3 Å². The normalized spacial score (nSPS) is 15.4. The summed E-state index contributed by atoms with van der Waals surface area (Å²) in [5.74, 6) is 1.79. The summed E-state index contributed by atoms with van der Waals surface area (Å²) in [5.41, 5.74) is 0. The van der Waals surface area contributed by atoms with Crippen molar-refractivity contribution in [3.63, 3.8) is 0 Å². The van der Waals surface area contributed by atoms with Crippen molar-refractivity contribution in [3.05, 3.63) is 30.3 Å². The molecule has 1 fully saturated rings. The zero-order chi connectivity index (χ0) is 13.3. The molecule has 0 saturated heterocycles. The minimum Gasteiger partial charge on any atom is -0.492 e. The van der Waals surface area contributed by atoms with Gasteiger partial charge in [-0.15, -0.1) is 0 Å². The van der Waals surface area contributed by atoms with Gasteiger partial charge >= 0.3 is 0 Å². The molecule has 1 N–H and O–H groups in total. The second-order valence-corrected chi connectivity index (χ2v) is 5.20. The number of hydrogen-bond donors (Lipinski definition) is 1. The molecule has 1 amide bonds. The predicted octanol–water partition coefficient (Wildman–Crippen LogP) is 3.15. The maximum atomic E-state index is 11.6. The van der Waals surface area contributed by atoms with Crippen molar-refractivity contribution in [2.45, 2.75) is 38.5 Å². The van der Waals surface area contributed by atoms with Crippen LogP contribution in [-0.4, -0.2) is 19.1 Å². The molecule has 0 radical (unpaired) electrons. The molecule has 0 aliphatic heterocycles. The van der Waals surface area contributed by atoms with E-state index in [4.69, 9.17) is 4.74 Å². The highest BCUT2D eigenvalue weighted by Crippen LogP contribution is 2.28. The lowest BCUT2D eigenvalue weighted by molar-refractivity contribution is -0.121. The number of rotatable bonds is 7. The first-order valence-electron chi connectivity index (χ1n) is 7.29. The van der Waals surface area contributed by atoms with E-state index in [1.165, 1.54) is 25.7 Å². The topological polar surface area (TPSA) is 38.3 Å². The van der Waals surface area contributed by atoms with Gasteiger partial charge in [-0.25, -0.2) is 0 Å². The molecule has 1 aromatic rings. The third-order valence-corrected chi connectivity index (χ3v) is 3.69. The average Bonchev–Trinajstić information content (AvgIpc) is 2.96. The molecular formula is C16H23NO2. The number of amides is 1. The monoisotopic (exact) mass is 261 g/mol. The predicted molar refractivity (Wildman–Crippen MR) is 76.1 cm³/mol. The van der Waals surface area contributed by atoms with E-state index in [1.54, 1.807) is 0 Å². The van der Waals surface area contributed by atoms with Crippen LogP contribution in [0.5, 0.6) is 5.75 Å². The molecule has 1 saturated carbocycles. The van der Waals surface area contributed by atoms with E-state index in [2.05, 4.69) is 5.32 Å². The molecule has 2 rings (SSSR count). The largest absolute Gasteiger partial charge is 0.492 e. The van der Waals surface area contributed by atoms with Crippen molar-refractivity contribution in [2.24, 2.45) is 5.92 Å². The van der Waals surface area contributed by atoms with Crippen LogP contribution in [0.1, 0.15) is 38.5 Å². The summed E-state index contributed by atoms with van der Waals surface area (Å²) in [5, 5.41) is 2.91. The van der Waals surface area contributed by atoms with Gasteiger partial charge < -0.3 is 10.1 Å². The van der Waals surface area contributed by atoms with Crippen LogP contribution in [0.3, 0.4) is 0 Å². The minimum absolute atomic E-state index is 0.156. The second-order valence-electron chi connectivity index (χ2n) is 5.20.